The predicted molar refractivity (Wildman–Crippen MR) is 135 cm³/mol. The molecule has 1 fully saturated rings. The Morgan fingerprint density at radius 3 is 2.47 bits per heavy atom. The number of halogens is 1. The summed E-state index contributed by atoms with van der Waals surface area (Å²) in [6.07, 6.45) is 6.25. The molecule has 1 amide bonds. The van der Waals surface area contributed by atoms with Crippen molar-refractivity contribution in [3.05, 3.63) is 94.9 Å². The zero-order valence-corrected chi connectivity index (χ0v) is 20.0. The smallest absolute Gasteiger partial charge is 0.244 e. The van der Waals surface area contributed by atoms with Gasteiger partial charge in [-0.1, -0.05) is 54.1 Å². The number of carbonyl (C=O) groups is 1. The van der Waals surface area contributed by atoms with E-state index in [4.69, 9.17) is 21.1 Å². The molecule has 3 aromatic rings. The molecule has 0 bridgehead atoms. The molecule has 1 aromatic heterocycles. The average Bonchev–Trinajstić information content (AvgIpc) is 3.55. The Balaban J connectivity index is 1.18. The molecule has 0 unspecified atom stereocenters. The van der Waals surface area contributed by atoms with Crippen molar-refractivity contribution in [3.8, 4) is 0 Å². The van der Waals surface area contributed by atoms with Gasteiger partial charge in [0.2, 0.25) is 5.91 Å². The van der Waals surface area contributed by atoms with Crippen LogP contribution in [-0.4, -0.2) is 41.2 Å². The molecule has 0 radical (unpaired) electrons. The first kappa shape index (κ1) is 22.9. The highest BCUT2D eigenvalue weighted by Crippen LogP contribution is 2.34. The number of likely N-dealkylation sites (tertiary alicyclic amines) is 1. The largest absolute Gasteiger partial charge is 0.467 e. The van der Waals surface area contributed by atoms with E-state index in [1.807, 2.05) is 36.4 Å². The molecule has 2 aliphatic heterocycles. The van der Waals surface area contributed by atoms with E-state index in [0.717, 1.165) is 49.0 Å². The minimum atomic E-state index is -0.204. The minimum Gasteiger partial charge on any atom is -0.467 e. The highest BCUT2D eigenvalue weighted by Gasteiger charge is 2.35. The van der Waals surface area contributed by atoms with Crippen molar-refractivity contribution in [3.63, 3.8) is 0 Å². The molecule has 1 atom stereocenters. The topological polar surface area (TPSA) is 49.1 Å². The minimum absolute atomic E-state index is 0.0387. The van der Waals surface area contributed by atoms with E-state index in [9.17, 15) is 4.79 Å². The van der Waals surface area contributed by atoms with E-state index in [1.165, 1.54) is 18.4 Å². The third kappa shape index (κ3) is 5.43. The normalized spacial score (nSPS) is 19.4. The van der Waals surface area contributed by atoms with Gasteiger partial charge in [-0.25, -0.2) is 5.01 Å². The van der Waals surface area contributed by atoms with Crippen molar-refractivity contribution in [1.82, 2.24) is 9.91 Å². The quantitative estimate of drug-likeness (QED) is 0.424. The van der Waals surface area contributed by atoms with Gasteiger partial charge in [-0.05, 0) is 73.7 Å². The number of furan rings is 1. The van der Waals surface area contributed by atoms with Crippen LogP contribution in [0.3, 0.4) is 0 Å². The molecule has 1 saturated heterocycles. The van der Waals surface area contributed by atoms with Crippen LogP contribution in [0, 0.1) is 5.92 Å². The van der Waals surface area contributed by atoms with Gasteiger partial charge >= 0.3 is 0 Å². The van der Waals surface area contributed by atoms with Crippen LogP contribution in [-0.2, 0) is 11.2 Å². The second-order valence-electron chi connectivity index (χ2n) is 9.25. The highest BCUT2D eigenvalue weighted by molar-refractivity contribution is 6.30. The zero-order valence-electron chi connectivity index (χ0n) is 19.3. The van der Waals surface area contributed by atoms with Crippen molar-refractivity contribution >= 4 is 23.2 Å². The summed E-state index contributed by atoms with van der Waals surface area (Å²) >= 11 is 6.05. The number of hydrazone groups is 1. The molecule has 0 spiro atoms. The molecule has 6 heteroatoms. The van der Waals surface area contributed by atoms with E-state index in [0.29, 0.717) is 17.9 Å². The molecule has 0 N–H and O–H groups in total. The Hall–Kier alpha value is -2.89. The second-order valence-corrected chi connectivity index (χ2v) is 9.69. The van der Waals surface area contributed by atoms with Crippen LogP contribution < -0.4 is 0 Å². The van der Waals surface area contributed by atoms with Crippen molar-refractivity contribution in [2.75, 3.05) is 19.6 Å². The molecule has 34 heavy (non-hydrogen) atoms. The number of rotatable bonds is 7. The summed E-state index contributed by atoms with van der Waals surface area (Å²) < 4.78 is 5.66. The monoisotopic (exact) mass is 475 g/mol. The number of piperidine rings is 1. The van der Waals surface area contributed by atoms with Gasteiger partial charge in [-0.2, -0.15) is 5.10 Å². The number of benzene rings is 2. The predicted octanol–water partition coefficient (Wildman–Crippen LogP) is 5.96. The van der Waals surface area contributed by atoms with Crippen LogP contribution in [0.4, 0.5) is 0 Å². The van der Waals surface area contributed by atoms with Crippen LogP contribution in [0.25, 0.3) is 0 Å². The summed E-state index contributed by atoms with van der Waals surface area (Å²) in [6.45, 7) is 2.86. The number of carbonyl (C=O) groups excluding carboxylic acids is 1. The molecular formula is C28H30ClN3O2. The maximum atomic E-state index is 13.3. The Kier molecular flexibility index (Phi) is 7.12. The molecule has 176 valence electrons. The van der Waals surface area contributed by atoms with Crippen LogP contribution in [0.5, 0.6) is 0 Å². The van der Waals surface area contributed by atoms with Gasteiger partial charge in [0.25, 0.3) is 0 Å². The van der Waals surface area contributed by atoms with Crippen molar-refractivity contribution in [1.29, 1.82) is 0 Å². The molecule has 2 aromatic carbocycles. The van der Waals surface area contributed by atoms with E-state index in [2.05, 4.69) is 35.2 Å². The lowest BCUT2D eigenvalue weighted by Crippen LogP contribution is -2.37. The first-order valence-electron chi connectivity index (χ1n) is 12.1. The van der Waals surface area contributed by atoms with Crippen molar-refractivity contribution in [2.24, 2.45) is 11.0 Å². The molecule has 5 rings (SSSR count). The first-order chi connectivity index (χ1) is 16.7. The lowest BCUT2D eigenvalue weighted by atomic mass is 9.90. The lowest BCUT2D eigenvalue weighted by Gasteiger charge is -2.32. The molecule has 3 heterocycles. The van der Waals surface area contributed by atoms with E-state index in [-0.39, 0.29) is 11.9 Å². The Morgan fingerprint density at radius 1 is 1.00 bits per heavy atom. The van der Waals surface area contributed by atoms with Crippen molar-refractivity contribution in [2.45, 2.75) is 38.1 Å². The Morgan fingerprint density at radius 2 is 1.76 bits per heavy atom. The number of amides is 1. The van der Waals surface area contributed by atoms with Crippen LogP contribution in [0.15, 0.2) is 82.5 Å². The van der Waals surface area contributed by atoms with E-state index in [1.54, 1.807) is 11.3 Å². The SMILES string of the molecule is O=C(CCN1CCC(Cc2ccccc2)CC1)N1N=C(c2ccc(Cl)cc2)C[C@H]1c1ccco1. The fourth-order valence-electron chi connectivity index (χ4n) is 4.99. The number of hydrogen-bond acceptors (Lipinski definition) is 4. The van der Waals surface area contributed by atoms with E-state index >= 15 is 0 Å². The summed E-state index contributed by atoms with van der Waals surface area (Å²) in [6, 6.07) is 21.9. The zero-order chi connectivity index (χ0) is 23.3. The van der Waals surface area contributed by atoms with E-state index < -0.39 is 0 Å². The lowest BCUT2D eigenvalue weighted by molar-refractivity contribution is -0.133. The summed E-state index contributed by atoms with van der Waals surface area (Å²) in [5, 5.41) is 7.04. The standard InChI is InChI=1S/C28H30ClN3O2/c29-24-10-8-23(9-11-24)25-20-26(27-7-4-18-34-27)32(30-25)28(33)14-17-31-15-12-22(13-16-31)19-21-5-2-1-3-6-21/h1-11,18,22,26H,12-17,19-20H2/t26-/m0/s1. The Labute approximate surface area is 206 Å². The van der Waals surface area contributed by atoms with Crippen molar-refractivity contribution < 1.29 is 9.21 Å². The Bertz CT molecular complexity index is 1100. The van der Waals surface area contributed by atoms with Gasteiger partial charge < -0.3 is 9.32 Å². The van der Waals surface area contributed by atoms with Crippen LogP contribution in [0.2, 0.25) is 5.02 Å². The summed E-state index contributed by atoms with van der Waals surface area (Å²) in [4.78, 5) is 15.7. The molecular weight excluding hydrogens is 446 g/mol. The summed E-state index contributed by atoms with van der Waals surface area (Å²) in [7, 11) is 0. The van der Waals surface area contributed by atoms with Gasteiger partial charge in [0.1, 0.15) is 11.8 Å². The highest BCUT2D eigenvalue weighted by atomic mass is 35.5. The fourth-order valence-corrected chi connectivity index (χ4v) is 5.12. The second kappa shape index (κ2) is 10.6. The molecule has 0 saturated carbocycles. The molecule has 5 nitrogen and oxygen atoms in total. The third-order valence-electron chi connectivity index (χ3n) is 6.93. The number of nitrogens with zero attached hydrogens (tertiary/aromatic N) is 3. The van der Waals surface area contributed by atoms with Crippen LogP contribution in [0.1, 0.15) is 48.6 Å². The van der Waals surface area contributed by atoms with Gasteiger partial charge in [0.05, 0.1) is 12.0 Å². The maximum absolute atomic E-state index is 13.3. The fraction of sp³-hybridized carbons (Fsp3) is 0.357. The first-order valence-corrected chi connectivity index (χ1v) is 12.5. The van der Waals surface area contributed by atoms with Gasteiger partial charge in [-0.15, -0.1) is 0 Å². The summed E-state index contributed by atoms with van der Waals surface area (Å²) in [5.74, 6) is 1.53. The van der Waals surface area contributed by atoms with Crippen LogP contribution >= 0.6 is 11.6 Å². The maximum Gasteiger partial charge on any atom is 0.244 e. The molecule has 2 aliphatic rings. The third-order valence-corrected chi connectivity index (χ3v) is 7.18. The molecule has 0 aliphatic carbocycles. The van der Waals surface area contributed by atoms with Gasteiger partial charge in [-0.3, -0.25) is 4.79 Å². The number of hydrogen-bond donors (Lipinski definition) is 0. The average molecular weight is 476 g/mol. The summed E-state index contributed by atoms with van der Waals surface area (Å²) in [5.41, 5.74) is 3.29. The van der Waals surface area contributed by atoms with Gasteiger partial charge in [0, 0.05) is 24.4 Å². The van der Waals surface area contributed by atoms with Gasteiger partial charge in [0.15, 0.2) is 0 Å².